The maximum atomic E-state index is 5.87. The van der Waals surface area contributed by atoms with Crippen molar-refractivity contribution in [2.24, 2.45) is 5.73 Å². The van der Waals surface area contributed by atoms with E-state index in [9.17, 15) is 0 Å². The lowest BCUT2D eigenvalue weighted by Gasteiger charge is -2.06. The normalized spacial score (nSPS) is 12.7. The lowest BCUT2D eigenvalue weighted by atomic mass is 10.1. The predicted molar refractivity (Wildman–Crippen MR) is 70.7 cm³/mol. The van der Waals surface area contributed by atoms with E-state index < -0.39 is 0 Å². The topological polar surface area (TPSA) is 69.6 Å². The van der Waals surface area contributed by atoms with Gasteiger partial charge in [0.15, 0.2) is 5.82 Å². The molecule has 0 spiro atoms. The molecular weight excluding hydrogens is 226 g/mol. The summed E-state index contributed by atoms with van der Waals surface area (Å²) in [6.45, 7) is 8.01. The molecule has 0 aliphatic rings. The van der Waals surface area contributed by atoms with Gasteiger partial charge in [-0.2, -0.15) is 5.10 Å². The molecule has 2 rings (SSSR count). The van der Waals surface area contributed by atoms with Gasteiger partial charge >= 0.3 is 0 Å². The van der Waals surface area contributed by atoms with E-state index in [0.717, 1.165) is 29.3 Å². The van der Waals surface area contributed by atoms with Crippen molar-refractivity contribution in [3.05, 3.63) is 35.0 Å². The van der Waals surface area contributed by atoms with Crippen LogP contribution in [0.1, 0.15) is 29.6 Å². The summed E-state index contributed by atoms with van der Waals surface area (Å²) in [6.07, 6.45) is 2.40. The van der Waals surface area contributed by atoms with Gasteiger partial charge in [-0.3, -0.25) is 0 Å². The van der Waals surface area contributed by atoms with Crippen LogP contribution < -0.4 is 5.73 Å². The summed E-state index contributed by atoms with van der Waals surface area (Å²) < 4.78 is 1.86. The SMILES string of the molecule is Cc1cc(-n2nc(C)c(CC(C)N)c2C)ncn1. The first-order valence-corrected chi connectivity index (χ1v) is 6.08. The van der Waals surface area contributed by atoms with Crippen LogP contribution in [0.4, 0.5) is 0 Å². The Morgan fingerprint density at radius 2 is 2.00 bits per heavy atom. The highest BCUT2D eigenvalue weighted by Gasteiger charge is 2.14. The molecule has 2 aromatic heterocycles. The lowest BCUT2D eigenvalue weighted by molar-refractivity contribution is 0.729. The summed E-state index contributed by atoms with van der Waals surface area (Å²) in [5.41, 5.74) is 10.1. The van der Waals surface area contributed by atoms with Gasteiger partial charge in [0.05, 0.1) is 5.69 Å². The number of hydrogen-bond acceptors (Lipinski definition) is 4. The minimum Gasteiger partial charge on any atom is -0.328 e. The second-order valence-electron chi connectivity index (χ2n) is 4.76. The van der Waals surface area contributed by atoms with E-state index in [1.807, 2.05) is 31.5 Å². The average molecular weight is 245 g/mol. The molecule has 2 aromatic rings. The summed E-state index contributed by atoms with van der Waals surface area (Å²) >= 11 is 0. The fourth-order valence-corrected chi connectivity index (χ4v) is 2.07. The molecule has 1 unspecified atom stereocenters. The highest BCUT2D eigenvalue weighted by molar-refractivity contribution is 5.33. The molecule has 0 amide bonds. The molecule has 0 saturated heterocycles. The third-order valence-electron chi connectivity index (χ3n) is 2.97. The van der Waals surface area contributed by atoms with Crippen molar-refractivity contribution in [1.82, 2.24) is 19.7 Å². The molecule has 5 heteroatoms. The van der Waals surface area contributed by atoms with E-state index in [-0.39, 0.29) is 6.04 Å². The van der Waals surface area contributed by atoms with E-state index in [1.165, 1.54) is 5.56 Å². The molecule has 5 nitrogen and oxygen atoms in total. The minimum atomic E-state index is 0.132. The van der Waals surface area contributed by atoms with Gasteiger partial charge in [0.2, 0.25) is 0 Å². The Balaban J connectivity index is 2.47. The monoisotopic (exact) mass is 245 g/mol. The zero-order valence-corrected chi connectivity index (χ0v) is 11.3. The van der Waals surface area contributed by atoms with Crippen molar-refractivity contribution in [2.75, 3.05) is 0 Å². The molecule has 0 aromatic carbocycles. The Hall–Kier alpha value is -1.75. The smallest absolute Gasteiger partial charge is 0.157 e. The van der Waals surface area contributed by atoms with Crippen LogP contribution in [0, 0.1) is 20.8 Å². The van der Waals surface area contributed by atoms with E-state index in [1.54, 1.807) is 6.33 Å². The summed E-state index contributed by atoms with van der Waals surface area (Å²) in [5, 5.41) is 4.55. The van der Waals surface area contributed by atoms with E-state index in [2.05, 4.69) is 22.0 Å². The predicted octanol–water partition coefficient (Wildman–Crippen LogP) is 1.48. The molecule has 96 valence electrons. The van der Waals surface area contributed by atoms with Crippen LogP contribution >= 0.6 is 0 Å². The van der Waals surface area contributed by atoms with Crippen LogP contribution in [0.25, 0.3) is 5.82 Å². The van der Waals surface area contributed by atoms with E-state index in [4.69, 9.17) is 5.73 Å². The highest BCUT2D eigenvalue weighted by atomic mass is 15.3. The fourth-order valence-electron chi connectivity index (χ4n) is 2.07. The Labute approximate surface area is 107 Å². The standard InChI is InChI=1S/C13H19N5/c1-8(14)5-12-10(3)17-18(11(12)4)13-6-9(2)15-7-16-13/h6-8H,5,14H2,1-4H3. The third-order valence-corrected chi connectivity index (χ3v) is 2.97. The maximum absolute atomic E-state index is 5.87. The summed E-state index contributed by atoms with van der Waals surface area (Å²) in [5.74, 6) is 0.805. The zero-order chi connectivity index (χ0) is 13.3. The van der Waals surface area contributed by atoms with Gasteiger partial charge in [-0.1, -0.05) is 0 Å². The zero-order valence-electron chi connectivity index (χ0n) is 11.3. The van der Waals surface area contributed by atoms with Crippen molar-refractivity contribution in [2.45, 2.75) is 40.2 Å². The molecule has 0 fully saturated rings. The molecule has 0 saturated carbocycles. The second kappa shape index (κ2) is 4.86. The van der Waals surface area contributed by atoms with Crippen molar-refractivity contribution >= 4 is 0 Å². The van der Waals surface area contributed by atoms with Gasteiger partial charge in [0.25, 0.3) is 0 Å². The number of aryl methyl sites for hydroxylation is 2. The Bertz CT molecular complexity index is 557. The van der Waals surface area contributed by atoms with Crippen LogP contribution in [0.15, 0.2) is 12.4 Å². The summed E-state index contributed by atoms with van der Waals surface area (Å²) in [7, 11) is 0. The van der Waals surface area contributed by atoms with Gasteiger partial charge in [0.1, 0.15) is 6.33 Å². The number of aromatic nitrogens is 4. The van der Waals surface area contributed by atoms with E-state index in [0.29, 0.717) is 0 Å². The molecule has 0 bridgehead atoms. The first-order chi connectivity index (χ1) is 8.49. The van der Waals surface area contributed by atoms with Crippen LogP contribution in [0.5, 0.6) is 0 Å². The summed E-state index contributed by atoms with van der Waals surface area (Å²) in [4.78, 5) is 8.36. The quantitative estimate of drug-likeness (QED) is 0.889. The van der Waals surface area contributed by atoms with Gasteiger partial charge < -0.3 is 5.73 Å². The first-order valence-electron chi connectivity index (χ1n) is 6.08. The summed E-state index contributed by atoms with van der Waals surface area (Å²) in [6, 6.07) is 2.06. The van der Waals surface area contributed by atoms with E-state index >= 15 is 0 Å². The van der Waals surface area contributed by atoms with Crippen molar-refractivity contribution in [3.8, 4) is 5.82 Å². The van der Waals surface area contributed by atoms with Crippen molar-refractivity contribution in [3.63, 3.8) is 0 Å². The van der Waals surface area contributed by atoms with Gasteiger partial charge in [0, 0.05) is 23.5 Å². The fraction of sp³-hybridized carbons (Fsp3) is 0.462. The Kier molecular flexibility index (Phi) is 3.43. The average Bonchev–Trinajstić information content (AvgIpc) is 2.56. The lowest BCUT2D eigenvalue weighted by Crippen LogP contribution is -2.18. The minimum absolute atomic E-state index is 0.132. The number of nitrogens with two attached hydrogens (primary N) is 1. The molecule has 2 N–H and O–H groups in total. The van der Waals surface area contributed by atoms with Crippen molar-refractivity contribution in [1.29, 1.82) is 0 Å². The van der Waals surface area contributed by atoms with Gasteiger partial charge in [-0.05, 0) is 39.7 Å². The third kappa shape index (κ3) is 2.41. The van der Waals surface area contributed by atoms with Crippen molar-refractivity contribution < 1.29 is 0 Å². The highest BCUT2D eigenvalue weighted by Crippen LogP contribution is 2.18. The van der Waals surface area contributed by atoms with Crippen LogP contribution in [-0.4, -0.2) is 25.8 Å². The molecule has 0 aliphatic carbocycles. The van der Waals surface area contributed by atoms with Crippen LogP contribution in [0.3, 0.4) is 0 Å². The molecule has 0 aliphatic heterocycles. The van der Waals surface area contributed by atoms with Crippen LogP contribution in [-0.2, 0) is 6.42 Å². The molecule has 1 atom stereocenters. The molecule has 2 heterocycles. The first kappa shape index (κ1) is 12.7. The maximum Gasteiger partial charge on any atom is 0.157 e. The van der Waals surface area contributed by atoms with Gasteiger partial charge in [-0.15, -0.1) is 0 Å². The Morgan fingerprint density at radius 3 is 2.61 bits per heavy atom. The van der Waals surface area contributed by atoms with Gasteiger partial charge in [-0.25, -0.2) is 14.6 Å². The Morgan fingerprint density at radius 1 is 1.28 bits per heavy atom. The molecule has 18 heavy (non-hydrogen) atoms. The molecular formula is C13H19N5. The number of rotatable bonds is 3. The number of hydrogen-bond donors (Lipinski definition) is 1. The molecule has 0 radical (unpaired) electrons. The second-order valence-corrected chi connectivity index (χ2v) is 4.76. The van der Waals surface area contributed by atoms with Crippen LogP contribution in [0.2, 0.25) is 0 Å². The number of nitrogens with zero attached hydrogens (tertiary/aromatic N) is 4. The largest absolute Gasteiger partial charge is 0.328 e.